The fourth-order valence-electron chi connectivity index (χ4n) is 2.39. The summed E-state index contributed by atoms with van der Waals surface area (Å²) in [5.41, 5.74) is 1.08. The summed E-state index contributed by atoms with van der Waals surface area (Å²) in [6, 6.07) is 6.56. The first-order valence-electron chi connectivity index (χ1n) is 8.22. The van der Waals surface area contributed by atoms with Gasteiger partial charge in [0.05, 0.1) is 6.42 Å². The average molecular weight is 329 g/mol. The molecule has 0 saturated carbocycles. The number of rotatable bonds is 7. The highest BCUT2D eigenvalue weighted by Crippen LogP contribution is 2.20. The first-order chi connectivity index (χ1) is 11.5. The monoisotopic (exact) mass is 329 g/mol. The fourth-order valence-corrected chi connectivity index (χ4v) is 2.39. The normalized spacial score (nSPS) is 16.2. The Balaban J connectivity index is 1.80. The van der Waals surface area contributed by atoms with Gasteiger partial charge in [0.15, 0.2) is 12.4 Å². The van der Waals surface area contributed by atoms with E-state index in [1.807, 2.05) is 19.9 Å². The number of hydrogen-bond acceptors (Lipinski definition) is 4. The Morgan fingerprint density at radius 2 is 1.92 bits per heavy atom. The van der Waals surface area contributed by atoms with Gasteiger partial charge in [0.1, 0.15) is 0 Å². The molecule has 1 N–H and O–H groups in total. The number of carbonyl (C=O) groups excluding carboxylic acids is 3. The summed E-state index contributed by atoms with van der Waals surface area (Å²) in [5, 5.41) is 2.76. The summed E-state index contributed by atoms with van der Waals surface area (Å²) in [4.78, 5) is 35.4. The zero-order valence-corrected chi connectivity index (χ0v) is 14.1. The van der Waals surface area contributed by atoms with Crippen molar-refractivity contribution >= 4 is 23.3 Å². The van der Waals surface area contributed by atoms with Crippen molar-refractivity contribution in [3.05, 3.63) is 42.0 Å². The van der Waals surface area contributed by atoms with Gasteiger partial charge in [-0.25, -0.2) is 0 Å². The van der Waals surface area contributed by atoms with Gasteiger partial charge in [-0.3, -0.25) is 14.4 Å². The molecular formula is C19H23NO4. The van der Waals surface area contributed by atoms with Crippen molar-refractivity contribution in [2.75, 3.05) is 11.9 Å². The average Bonchev–Trinajstić information content (AvgIpc) is 3.06. The molecule has 1 aromatic rings. The predicted molar refractivity (Wildman–Crippen MR) is 91.7 cm³/mol. The first kappa shape index (κ1) is 17.9. The minimum atomic E-state index is -0.347. The van der Waals surface area contributed by atoms with E-state index in [9.17, 15) is 14.4 Å². The molecule has 0 spiro atoms. The molecule has 24 heavy (non-hydrogen) atoms. The summed E-state index contributed by atoms with van der Waals surface area (Å²) >= 11 is 0. The van der Waals surface area contributed by atoms with Crippen LogP contribution in [-0.4, -0.2) is 24.3 Å². The molecule has 1 atom stereocenters. The van der Waals surface area contributed by atoms with Crippen molar-refractivity contribution in [2.45, 2.75) is 33.1 Å². The highest BCUT2D eigenvalue weighted by Gasteiger charge is 2.16. The molecule has 1 aliphatic carbocycles. The third kappa shape index (κ3) is 5.33. The molecule has 0 unspecified atom stereocenters. The predicted octanol–water partition coefficient (Wildman–Crippen LogP) is 3.36. The van der Waals surface area contributed by atoms with Crippen LogP contribution in [-0.2, 0) is 14.3 Å². The van der Waals surface area contributed by atoms with Gasteiger partial charge in [-0.2, -0.15) is 0 Å². The van der Waals surface area contributed by atoms with E-state index in [1.54, 1.807) is 24.3 Å². The van der Waals surface area contributed by atoms with E-state index in [1.165, 1.54) is 0 Å². The van der Waals surface area contributed by atoms with Gasteiger partial charge in [0.25, 0.3) is 0 Å². The Hall–Kier alpha value is -2.43. The van der Waals surface area contributed by atoms with E-state index in [0.29, 0.717) is 17.7 Å². The standard InChI is InChI=1S/C19H23NO4/c1-13(2)19(23)20-16-9-7-15(8-10-16)17(21)12-24-18(22)11-14-5-3-4-6-14/h3,5,7-10,13-14H,4,6,11-12H2,1-2H3,(H,20,23)/t14-/m1/s1. The Kier molecular flexibility index (Phi) is 6.29. The van der Waals surface area contributed by atoms with Crippen molar-refractivity contribution in [2.24, 2.45) is 11.8 Å². The highest BCUT2D eigenvalue weighted by molar-refractivity contribution is 5.99. The number of benzene rings is 1. The van der Waals surface area contributed by atoms with Crippen LogP contribution in [0.4, 0.5) is 5.69 Å². The Bertz CT molecular complexity index is 631. The summed E-state index contributed by atoms with van der Waals surface area (Å²) in [6.07, 6.45) is 6.36. The summed E-state index contributed by atoms with van der Waals surface area (Å²) < 4.78 is 5.05. The van der Waals surface area contributed by atoms with Crippen molar-refractivity contribution in [3.63, 3.8) is 0 Å². The van der Waals surface area contributed by atoms with Crippen LogP contribution >= 0.6 is 0 Å². The lowest BCUT2D eigenvalue weighted by atomic mass is 10.1. The highest BCUT2D eigenvalue weighted by atomic mass is 16.5. The molecule has 2 rings (SSSR count). The number of carbonyl (C=O) groups is 3. The number of ether oxygens (including phenoxy) is 1. The largest absolute Gasteiger partial charge is 0.457 e. The maximum atomic E-state index is 12.0. The Morgan fingerprint density at radius 1 is 1.21 bits per heavy atom. The molecule has 0 aromatic heterocycles. The van der Waals surface area contributed by atoms with Crippen molar-refractivity contribution in [1.29, 1.82) is 0 Å². The molecule has 0 aliphatic heterocycles. The molecule has 0 heterocycles. The lowest BCUT2D eigenvalue weighted by molar-refractivity contribution is -0.143. The summed E-state index contributed by atoms with van der Waals surface area (Å²) in [6.45, 7) is 3.36. The Morgan fingerprint density at radius 3 is 2.50 bits per heavy atom. The van der Waals surface area contributed by atoms with Gasteiger partial charge < -0.3 is 10.1 Å². The quantitative estimate of drug-likeness (QED) is 0.473. The Labute approximate surface area is 142 Å². The minimum absolute atomic E-state index is 0.0797. The van der Waals surface area contributed by atoms with Crippen LogP contribution in [0.25, 0.3) is 0 Å². The van der Waals surface area contributed by atoms with Crippen molar-refractivity contribution < 1.29 is 19.1 Å². The maximum absolute atomic E-state index is 12.0. The number of nitrogens with one attached hydrogen (secondary N) is 1. The van der Waals surface area contributed by atoms with Crippen LogP contribution in [0.1, 0.15) is 43.5 Å². The fraction of sp³-hybridized carbons (Fsp3) is 0.421. The molecule has 5 nitrogen and oxygen atoms in total. The number of Topliss-reactive ketones (excluding diaryl/α,β-unsaturated/α-hetero) is 1. The number of amides is 1. The zero-order valence-electron chi connectivity index (χ0n) is 14.1. The molecule has 1 aliphatic rings. The van der Waals surface area contributed by atoms with Gasteiger partial charge in [-0.15, -0.1) is 0 Å². The lowest BCUT2D eigenvalue weighted by Gasteiger charge is -2.09. The van der Waals surface area contributed by atoms with E-state index in [4.69, 9.17) is 4.74 Å². The van der Waals surface area contributed by atoms with Crippen LogP contribution in [0.3, 0.4) is 0 Å². The van der Waals surface area contributed by atoms with Gasteiger partial charge in [0, 0.05) is 17.2 Å². The SMILES string of the molecule is CC(C)C(=O)Nc1ccc(C(=O)COC(=O)C[C@@H]2C=CCC2)cc1. The van der Waals surface area contributed by atoms with Gasteiger partial charge in [0.2, 0.25) is 5.91 Å². The second-order valence-electron chi connectivity index (χ2n) is 6.27. The zero-order chi connectivity index (χ0) is 17.5. The van der Waals surface area contributed by atoms with Crippen molar-refractivity contribution in [1.82, 2.24) is 0 Å². The topological polar surface area (TPSA) is 72.5 Å². The van der Waals surface area contributed by atoms with E-state index in [2.05, 4.69) is 11.4 Å². The van der Waals surface area contributed by atoms with Gasteiger partial charge in [-0.1, -0.05) is 26.0 Å². The lowest BCUT2D eigenvalue weighted by Crippen LogP contribution is -2.18. The van der Waals surface area contributed by atoms with Crippen LogP contribution in [0.5, 0.6) is 0 Å². The number of allylic oxidation sites excluding steroid dienone is 2. The van der Waals surface area contributed by atoms with Crippen LogP contribution in [0.2, 0.25) is 0 Å². The third-order valence-corrected chi connectivity index (χ3v) is 3.90. The summed E-state index contributed by atoms with van der Waals surface area (Å²) in [5.74, 6) is -0.561. The van der Waals surface area contributed by atoms with E-state index in [-0.39, 0.29) is 36.1 Å². The summed E-state index contributed by atoms with van der Waals surface area (Å²) in [7, 11) is 0. The number of anilines is 1. The van der Waals surface area contributed by atoms with Gasteiger partial charge in [-0.05, 0) is 43.0 Å². The van der Waals surface area contributed by atoms with Gasteiger partial charge >= 0.3 is 5.97 Å². The molecule has 0 saturated heterocycles. The van der Waals surface area contributed by atoms with E-state index in [0.717, 1.165) is 12.8 Å². The number of hydrogen-bond donors (Lipinski definition) is 1. The van der Waals surface area contributed by atoms with Crippen molar-refractivity contribution in [3.8, 4) is 0 Å². The molecule has 0 fully saturated rings. The number of ketones is 1. The second kappa shape index (κ2) is 8.43. The molecule has 0 radical (unpaired) electrons. The molecule has 128 valence electrons. The van der Waals surface area contributed by atoms with E-state index >= 15 is 0 Å². The maximum Gasteiger partial charge on any atom is 0.306 e. The third-order valence-electron chi connectivity index (χ3n) is 3.90. The molecule has 5 heteroatoms. The second-order valence-corrected chi connectivity index (χ2v) is 6.27. The molecule has 1 amide bonds. The first-order valence-corrected chi connectivity index (χ1v) is 8.22. The van der Waals surface area contributed by atoms with Crippen LogP contribution < -0.4 is 5.32 Å². The van der Waals surface area contributed by atoms with Crippen LogP contribution in [0, 0.1) is 11.8 Å². The molecule has 0 bridgehead atoms. The molecule has 1 aromatic carbocycles. The smallest absolute Gasteiger partial charge is 0.306 e. The van der Waals surface area contributed by atoms with E-state index < -0.39 is 0 Å². The molecular weight excluding hydrogens is 306 g/mol. The van der Waals surface area contributed by atoms with Crippen LogP contribution in [0.15, 0.2) is 36.4 Å². The number of esters is 1. The minimum Gasteiger partial charge on any atom is -0.457 e.